The fourth-order valence-corrected chi connectivity index (χ4v) is 3.53. The van der Waals surface area contributed by atoms with Crippen LogP contribution in [0.4, 0.5) is 5.69 Å². The van der Waals surface area contributed by atoms with E-state index in [1.54, 1.807) is 25.3 Å². The molecule has 0 aliphatic carbocycles. The van der Waals surface area contributed by atoms with Crippen molar-refractivity contribution in [3.63, 3.8) is 0 Å². The van der Waals surface area contributed by atoms with Crippen molar-refractivity contribution < 1.29 is 14.6 Å². The summed E-state index contributed by atoms with van der Waals surface area (Å²) in [7, 11) is 1.61. The smallest absolute Gasteiger partial charge is 0.335 e. The lowest BCUT2D eigenvalue weighted by Crippen LogP contribution is -2.42. The third kappa shape index (κ3) is 2.97. The van der Waals surface area contributed by atoms with E-state index in [0.29, 0.717) is 17.8 Å². The lowest BCUT2D eigenvalue weighted by Gasteiger charge is -2.35. The summed E-state index contributed by atoms with van der Waals surface area (Å²) < 4.78 is 5.34. The molecule has 2 atom stereocenters. The molecule has 5 heteroatoms. The van der Waals surface area contributed by atoms with E-state index in [4.69, 9.17) is 9.84 Å². The number of anilines is 1. The van der Waals surface area contributed by atoms with Crippen LogP contribution in [-0.2, 0) is 0 Å². The van der Waals surface area contributed by atoms with E-state index in [-0.39, 0.29) is 5.56 Å². The van der Waals surface area contributed by atoms with Crippen molar-refractivity contribution in [2.75, 3.05) is 25.5 Å². The van der Waals surface area contributed by atoms with E-state index in [9.17, 15) is 4.79 Å². The number of hydrogen-bond acceptors (Lipinski definition) is 4. The highest BCUT2D eigenvalue weighted by Crippen LogP contribution is 2.31. The van der Waals surface area contributed by atoms with Crippen LogP contribution in [0.1, 0.15) is 36.0 Å². The molecule has 2 saturated heterocycles. The molecule has 1 aromatic carbocycles. The zero-order valence-electron chi connectivity index (χ0n) is 12.3. The molecule has 5 nitrogen and oxygen atoms in total. The molecule has 114 valence electrons. The van der Waals surface area contributed by atoms with Gasteiger partial charge in [0, 0.05) is 18.6 Å². The third-order valence-corrected chi connectivity index (χ3v) is 4.63. The quantitative estimate of drug-likeness (QED) is 0.892. The highest BCUT2D eigenvalue weighted by molar-refractivity contribution is 5.89. The maximum atomic E-state index is 11.1. The Labute approximate surface area is 124 Å². The summed E-state index contributed by atoms with van der Waals surface area (Å²) in [6.07, 6.45) is 4.80. The first kappa shape index (κ1) is 14.2. The van der Waals surface area contributed by atoms with Gasteiger partial charge in [-0.05, 0) is 50.4 Å². The maximum Gasteiger partial charge on any atom is 0.335 e. The molecule has 21 heavy (non-hydrogen) atoms. The van der Waals surface area contributed by atoms with E-state index < -0.39 is 5.97 Å². The second-order valence-electron chi connectivity index (χ2n) is 5.92. The molecule has 1 aromatic rings. The fourth-order valence-electron chi connectivity index (χ4n) is 3.53. The largest absolute Gasteiger partial charge is 0.495 e. The topological polar surface area (TPSA) is 61.8 Å². The van der Waals surface area contributed by atoms with Gasteiger partial charge >= 0.3 is 5.97 Å². The predicted octanol–water partition coefficient (Wildman–Crippen LogP) is 2.43. The van der Waals surface area contributed by atoms with Gasteiger partial charge in [0.2, 0.25) is 0 Å². The average molecular weight is 290 g/mol. The van der Waals surface area contributed by atoms with Gasteiger partial charge in [0.05, 0.1) is 18.4 Å². The summed E-state index contributed by atoms with van der Waals surface area (Å²) in [5.41, 5.74) is 1.07. The predicted molar refractivity (Wildman–Crippen MR) is 81.2 cm³/mol. The first-order valence-electron chi connectivity index (χ1n) is 7.59. The molecular formula is C16H22N2O3. The molecule has 0 amide bonds. The Kier molecular flexibility index (Phi) is 4.01. The van der Waals surface area contributed by atoms with E-state index in [2.05, 4.69) is 10.2 Å². The van der Waals surface area contributed by atoms with E-state index >= 15 is 0 Å². The lowest BCUT2D eigenvalue weighted by atomic mass is 9.97. The minimum atomic E-state index is -0.911. The van der Waals surface area contributed by atoms with E-state index in [1.165, 1.54) is 19.4 Å². The van der Waals surface area contributed by atoms with Gasteiger partial charge in [-0.15, -0.1) is 0 Å². The Morgan fingerprint density at radius 1 is 1.38 bits per heavy atom. The normalized spacial score (nSPS) is 25.4. The summed E-state index contributed by atoms with van der Waals surface area (Å²) in [4.78, 5) is 13.7. The molecule has 0 radical (unpaired) electrons. The molecule has 2 fully saturated rings. The van der Waals surface area contributed by atoms with Crippen LogP contribution in [0.25, 0.3) is 0 Å². The van der Waals surface area contributed by atoms with Crippen LogP contribution < -0.4 is 10.1 Å². The number of carboxylic acids is 1. The first-order valence-corrected chi connectivity index (χ1v) is 7.59. The van der Waals surface area contributed by atoms with Crippen LogP contribution in [0.5, 0.6) is 5.75 Å². The molecule has 0 bridgehead atoms. The van der Waals surface area contributed by atoms with Crippen molar-refractivity contribution in [3.8, 4) is 5.75 Å². The zero-order valence-corrected chi connectivity index (χ0v) is 12.3. The van der Waals surface area contributed by atoms with Gasteiger partial charge in [-0.2, -0.15) is 0 Å². The Balaban J connectivity index is 1.74. The Bertz CT molecular complexity index is 532. The third-order valence-electron chi connectivity index (χ3n) is 4.63. The maximum absolute atomic E-state index is 11.1. The monoisotopic (exact) mass is 290 g/mol. The number of carboxylic acid groups (broad SMARTS) is 1. The lowest BCUT2D eigenvalue weighted by molar-refractivity contribution is 0.0697. The molecule has 2 aliphatic heterocycles. The number of fused-ring (bicyclic) bond motifs is 1. The van der Waals surface area contributed by atoms with Crippen molar-refractivity contribution in [1.82, 2.24) is 4.90 Å². The number of nitrogens with zero attached hydrogens (tertiary/aromatic N) is 1. The molecule has 2 N–H and O–H groups in total. The highest BCUT2D eigenvalue weighted by atomic mass is 16.5. The van der Waals surface area contributed by atoms with Gasteiger partial charge < -0.3 is 20.1 Å². The SMILES string of the molecule is COc1ccc(C(=O)O)cc1NC1CCN2CCCC2C1. The van der Waals surface area contributed by atoms with E-state index in [1.807, 2.05) is 0 Å². The van der Waals surface area contributed by atoms with Crippen LogP contribution in [0.3, 0.4) is 0 Å². The van der Waals surface area contributed by atoms with E-state index in [0.717, 1.165) is 25.1 Å². The van der Waals surface area contributed by atoms with Crippen molar-refractivity contribution in [2.45, 2.75) is 37.8 Å². The van der Waals surface area contributed by atoms with Gasteiger partial charge in [0.25, 0.3) is 0 Å². The second kappa shape index (κ2) is 5.93. The van der Waals surface area contributed by atoms with Gasteiger partial charge in [-0.1, -0.05) is 0 Å². The number of hydrogen-bond donors (Lipinski definition) is 2. The van der Waals surface area contributed by atoms with Crippen LogP contribution in [0.2, 0.25) is 0 Å². The standard InChI is InChI=1S/C16H22N2O3/c1-21-15-5-4-11(16(19)20)9-14(15)17-12-6-8-18-7-2-3-13(18)10-12/h4-5,9,12-13,17H,2-3,6-8,10H2,1H3,(H,19,20). The van der Waals surface area contributed by atoms with Crippen LogP contribution >= 0.6 is 0 Å². The number of rotatable bonds is 4. The number of benzene rings is 1. The first-order chi connectivity index (χ1) is 10.2. The Morgan fingerprint density at radius 3 is 3.00 bits per heavy atom. The van der Waals surface area contributed by atoms with Crippen molar-refractivity contribution in [2.24, 2.45) is 0 Å². The fraction of sp³-hybridized carbons (Fsp3) is 0.562. The molecule has 2 unspecified atom stereocenters. The van der Waals surface area contributed by atoms with Crippen molar-refractivity contribution >= 4 is 11.7 Å². The second-order valence-corrected chi connectivity index (χ2v) is 5.92. The number of nitrogens with one attached hydrogen (secondary N) is 1. The summed E-state index contributed by atoms with van der Waals surface area (Å²) in [5, 5.41) is 12.6. The molecule has 3 rings (SSSR count). The average Bonchev–Trinajstić information content (AvgIpc) is 2.94. The van der Waals surface area contributed by atoms with Crippen LogP contribution in [0, 0.1) is 0 Å². The van der Waals surface area contributed by atoms with Gasteiger partial charge in [0.1, 0.15) is 5.75 Å². The van der Waals surface area contributed by atoms with Crippen LogP contribution in [-0.4, -0.2) is 48.3 Å². The molecule has 0 saturated carbocycles. The number of carbonyl (C=O) groups is 1. The van der Waals surface area contributed by atoms with Crippen molar-refractivity contribution in [3.05, 3.63) is 23.8 Å². The number of ether oxygens (including phenoxy) is 1. The molecule has 0 aromatic heterocycles. The summed E-state index contributed by atoms with van der Waals surface area (Å²) in [6, 6.07) is 6.04. The zero-order chi connectivity index (χ0) is 14.8. The van der Waals surface area contributed by atoms with Gasteiger partial charge in [-0.25, -0.2) is 4.79 Å². The van der Waals surface area contributed by atoms with Crippen molar-refractivity contribution in [1.29, 1.82) is 0 Å². The Morgan fingerprint density at radius 2 is 2.24 bits per heavy atom. The summed E-state index contributed by atoms with van der Waals surface area (Å²) in [6.45, 7) is 2.36. The van der Waals surface area contributed by atoms with Gasteiger partial charge in [-0.3, -0.25) is 0 Å². The number of aromatic carboxylic acids is 1. The molecule has 0 spiro atoms. The summed E-state index contributed by atoms with van der Waals surface area (Å²) in [5.74, 6) is -0.208. The highest BCUT2D eigenvalue weighted by Gasteiger charge is 2.31. The Hall–Kier alpha value is -1.75. The van der Waals surface area contributed by atoms with Gasteiger partial charge in [0.15, 0.2) is 0 Å². The minimum absolute atomic E-state index is 0.289. The molecular weight excluding hydrogens is 268 g/mol. The van der Waals surface area contributed by atoms with Crippen LogP contribution in [0.15, 0.2) is 18.2 Å². The number of methoxy groups -OCH3 is 1. The molecule has 2 heterocycles. The number of piperidine rings is 1. The summed E-state index contributed by atoms with van der Waals surface area (Å²) >= 11 is 0. The molecule has 2 aliphatic rings. The minimum Gasteiger partial charge on any atom is -0.495 e.